The van der Waals surface area contributed by atoms with E-state index in [0.29, 0.717) is 12.2 Å². The molecule has 1 N–H and O–H groups in total. The van der Waals surface area contributed by atoms with Crippen LogP contribution in [0, 0.1) is 18.7 Å². The molecule has 2 unspecified atom stereocenters. The first-order chi connectivity index (χ1) is 7.54. The molecule has 0 bridgehead atoms. The fraction of sp³-hybridized carbons (Fsp3) is 0.538. The number of hydrogen-bond acceptors (Lipinski definition) is 2. The molecule has 1 aromatic rings. The van der Waals surface area contributed by atoms with Crippen LogP contribution in [0.15, 0.2) is 18.2 Å². The molecule has 0 saturated carbocycles. The van der Waals surface area contributed by atoms with Gasteiger partial charge in [-0.05, 0) is 42.5 Å². The monoisotopic (exact) mass is 226 g/mol. The van der Waals surface area contributed by atoms with Gasteiger partial charge in [-0.15, -0.1) is 0 Å². The van der Waals surface area contributed by atoms with Crippen molar-refractivity contribution in [2.24, 2.45) is 5.92 Å². The molecule has 2 nitrogen and oxygen atoms in total. The Labute approximate surface area is 96.1 Å². The van der Waals surface area contributed by atoms with Gasteiger partial charge in [0.1, 0.15) is 5.82 Å². The van der Waals surface area contributed by atoms with Crippen LogP contribution in [-0.4, -0.2) is 18.8 Å². The Morgan fingerprint density at radius 2 is 2.06 bits per heavy atom. The molecule has 16 heavy (non-hydrogen) atoms. The van der Waals surface area contributed by atoms with Gasteiger partial charge in [0.15, 0.2) is 0 Å². The maximum atomic E-state index is 13.2. The van der Waals surface area contributed by atoms with E-state index in [0.717, 1.165) is 12.0 Å². The van der Waals surface area contributed by atoms with Crippen LogP contribution >= 0.6 is 0 Å². The van der Waals surface area contributed by atoms with Crippen LogP contribution < -0.4 is 0 Å². The summed E-state index contributed by atoms with van der Waals surface area (Å²) in [7, 11) is 1.63. The van der Waals surface area contributed by atoms with Crippen molar-refractivity contribution in [3.63, 3.8) is 0 Å². The molecule has 0 aliphatic carbocycles. The number of aliphatic hydroxyl groups is 1. The fourth-order valence-corrected chi connectivity index (χ4v) is 1.73. The zero-order chi connectivity index (χ0) is 12.1. The predicted molar refractivity (Wildman–Crippen MR) is 61.8 cm³/mol. The minimum absolute atomic E-state index is 0.0566. The van der Waals surface area contributed by atoms with Gasteiger partial charge in [-0.1, -0.05) is 13.0 Å². The largest absolute Gasteiger partial charge is 0.388 e. The number of methoxy groups -OCH3 is 1. The first-order valence-corrected chi connectivity index (χ1v) is 5.48. The third-order valence-corrected chi connectivity index (χ3v) is 2.72. The Kier molecular flexibility index (Phi) is 4.90. The molecular weight excluding hydrogens is 207 g/mol. The molecule has 1 rings (SSSR count). The molecule has 0 aromatic heterocycles. The van der Waals surface area contributed by atoms with E-state index in [9.17, 15) is 9.50 Å². The van der Waals surface area contributed by atoms with Crippen molar-refractivity contribution in [2.75, 3.05) is 13.7 Å². The molecule has 0 amide bonds. The molecular formula is C13H19FO2. The van der Waals surface area contributed by atoms with E-state index in [2.05, 4.69) is 0 Å². The highest BCUT2D eigenvalue weighted by Crippen LogP contribution is 2.25. The second kappa shape index (κ2) is 5.97. The van der Waals surface area contributed by atoms with Crippen molar-refractivity contribution < 1.29 is 14.2 Å². The van der Waals surface area contributed by atoms with Crippen LogP contribution in [0.1, 0.15) is 30.6 Å². The molecule has 0 spiro atoms. The van der Waals surface area contributed by atoms with Crippen molar-refractivity contribution in [3.05, 3.63) is 35.1 Å². The summed E-state index contributed by atoms with van der Waals surface area (Å²) in [5, 5.41) is 10.0. The van der Waals surface area contributed by atoms with Crippen molar-refractivity contribution in [3.8, 4) is 0 Å². The average Bonchev–Trinajstić information content (AvgIpc) is 2.23. The highest BCUT2D eigenvalue weighted by Gasteiger charge is 2.17. The number of ether oxygens (including phenoxy) is 1. The first kappa shape index (κ1) is 13.1. The summed E-state index contributed by atoms with van der Waals surface area (Å²) in [5.41, 5.74) is 1.47. The maximum absolute atomic E-state index is 13.2. The summed E-state index contributed by atoms with van der Waals surface area (Å²) in [4.78, 5) is 0. The summed E-state index contributed by atoms with van der Waals surface area (Å²) in [5.74, 6) is -0.242. The van der Waals surface area contributed by atoms with Crippen LogP contribution in [0.2, 0.25) is 0 Å². The topological polar surface area (TPSA) is 29.5 Å². The standard InChI is InChI=1S/C13H19FO2/c1-9-6-11(8-12(14)7-9)13(15)10(2)4-5-16-3/h6-8,10,13,15H,4-5H2,1-3H3. The van der Waals surface area contributed by atoms with Gasteiger partial charge >= 0.3 is 0 Å². The predicted octanol–water partition coefficient (Wildman–Crippen LogP) is 2.84. The molecule has 90 valence electrons. The van der Waals surface area contributed by atoms with Gasteiger partial charge in [0, 0.05) is 13.7 Å². The average molecular weight is 226 g/mol. The highest BCUT2D eigenvalue weighted by molar-refractivity contribution is 5.25. The van der Waals surface area contributed by atoms with E-state index < -0.39 is 6.10 Å². The Hall–Kier alpha value is -0.930. The molecule has 0 fully saturated rings. The van der Waals surface area contributed by atoms with Crippen LogP contribution in [0.4, 0.5) is 4.39 Å². The van der Waals surface area contributed by atoms with Crippen LogP contribution in [0.5, 0.6) is 0 Å². The fourth-order valence-electron chi connectivity index (χ4n) is 1.73. The summed E-state index contributed by atoms with van der Waals surface area (Å²) in [6.45, 7) is 4.36. The maximum Gasteiger partial charge on any atom is 0.123 e. The van der Waals surface area contributed by atoms with E-state index in [1.165, 1.54) is 12.1 Å². The third-order valence-electron chi connectivity index (χ3n) is 2.72. The number of halogens is 1. The third kappa shape index (κ3) is 3.58. The molecule has 1 aromatic carbocycles. The minimum Gasteiger partial charge on any atom is -0.388 e. The lowest BCUT2D eigenvalue weighted by molar-refractivity contribution is 0.0883. The lowest BCUT2D eigenvalue weighted by atomic mass is 9.94. The summed E-state index contributed by atoms with van der Waals surface area (Å²) in [6, 6.07) is 4.66. The van der Waals surface area contributed by atoms with E-state index in [1.807, 2.05) is 19.9 Å². The number of aryl methyl sites for hydroxylation is 1. The van der Waals surface area contributed by atoms with Crippen LogP contribution in [-0.2, 0) is 4.74 Å². The summed E-state index contributed by atoms with van der Waals surface area (Å²) < 4.78 is 18.1. The summed E-state index contributed by atoms with van der Waals surface area (Å²) in [6.07, 6.45) is 0.122. The van der Waals surface area contributed by atoms with Crippen molar-refractivity contribution in [1.29, 1.82) is 0 Å². The molecule has 0 radical (unpaired) electrons. The van der Waals surface area contributed by atoms with E-state index >= 15 is 0 Å². The Morgan fingerprint density at radius 1 is 1.38 bits per heavy atom. The second-order valence-corrected chi connectivity index (χ2v) is 4.27. The molecule has 3 heteroatoms. The van der Waals surface area contributed by atoms with Gasteiger partial charge in [-0.3, -0.25) is 0 Å². The summed E-state index contributed by atoms with van der Waals surface area (Å²) >= 11 is 0. The first-order valence-electron chi connectivity index (χ1n) is 5.48. The van der Waals surface area contributed by atoms with Gasteiger partial charge < -0.3 is 9.84 Å². The Bertz CT molecular complexity index is 318. The smallest absolute Gasteiger partial charge is 0.123 e. The van der Waals surface area contributed by atoms with E-state index in [4.69, 9.17) is 4.74 Å². The number of rotatable bonds is 5. The second-order valence-electron chi connectivity index (χ2n) is 4.27. The highest BCUT2D eigenvalue weighted by atomic mass is 19.1. The molecule has 0 heterocycles. The zero-order valence-electron chi connectivity index (χ0n) is 10.0. The SMILES string of the molecule is COCCC(C)C(O)c1cc(C)cc(F)c1. The molecule has 0 aliphatic heterocycles. The molecule has 0 aliphatic rings. The van der Waals surface area contributed by atoms with Gasteiger partial charge in [0.05, 0.1) is 6.10 Å². The van der Waals surface area contributed by atoms with Gasteiger partial charge in [-0.2, -0.15) is 0 Å². The van der Waals surface area contributed by atoms with Crippen LogP contribution in [0.3, 0.4) is 0 Å². The van der Waals surface area contributed by atoms with E-state index in [1.54, 1.807) is 7.11 Å². The Balaban J connectivity index is 2.74. The van der Waals surface area contributed by atoms with E-state index in [-0.39, 0.29) is 11.7 Å². The van der Waals surface area contributed by atoms with Gasteiger partial charge in [0.2, 0.25) is 0 Å². The lowest BCUT2D eigenvalue weighted by Crippen LogP contribution is -2.12. The zero-order valence-corrected chi connectivity index (χ0v) is 10.0. The molecule has 2 atom stereocenters. The number of benzene rings is 1. The van der Waals surface area contributed by atoms with Gasteiger partial charge in [-0.25, -0.2) is 4.39 Å². The van der Waals surface area contributed by atoms with Crippen LogP contribution in [0.25, 0.3) is 0 Å². The quantitative estimate of drug-likeness (QED) is 0.836. The Morgan fingerprint density at radius 3 is 2.62 bits per heavy atom. The van der Waals surface area contributed by atoms with Crippen molar-refractivity contribution in [2.45, 2.75) is 26.4 Å². The number of aliphatic hydroxyl groups excluding tert-OH is 1. The normalized spacial score (nSPS) is 14.8. The molecule has 0 saturated heterocycles. The van der Waals surface area contributed by atoms with Crippen molar-refractivity contribution in [1.82, 2.24) is 0 Å². The lowest BCUT2D eigenvalue weighted by Gasteiger charge is -2.19. The van der Waals surface area contributed by atoms with Gasteiger partial charge in [0.25, 0.3) is 0 Å². The van der Waals surface area contributed by atoms with Crippen molar-refractivity contribution >= 4 is 0 Å². The minimum atomic E-state index is -0.635. The number of hydrogen-bond donors (Lipinski definition) is 1.